The van der Waals surface area contributed by atoms with Gasteiger partial charge in [0.2, 0.25) is 11.8 Å². The van der Waals surface area contributed by atoms with Crippen LogP contribution < -0.4 is 9.64 Å². The summed E-state index contributed by atoms with van der Waals surface area (Å²) < 4.78 is 15.6. The molecule has 3 rings (SSSR count). The Morgan fingerprint density at radius 2 is 1.69 bits per heavy atom. The highest BCUT2D eigenvalue weighted by Gasteiger charge is 2.46. The van der Waals surface area contributed by atoms with Crippen LogP contribution in [0.25, 0.3) is 0 Å². The van der Waals surface area contributed by atoms with Crippen molar-refractivity contribution in [3.8, 4) is 5.75 Å². The van der Waals surface area contributed by atoms with E-state index in [9.17, 15) is 19.2 Å². The van der Waals surface area contributed by atoms with Crippen LogP contribution in [0.4, 0.5) is 5.69 Å². The SMILES string of the molecule is COC(CN(C(=O)C1CCCCC1)C1CC(=O)N(c2ccc(OC(C)=O)cc2)C1=O)OC. The number of ether oxygens (including phenoxy) is 3. The molecule has 0 bridgehead atoms. The number of nitrogens with zero attached hydrogens (tertiary/aromatic N) is 2. The summed E-state index contributed by atoms with van der Waals surface area (Å²) in [4.78, 5) is 53.1. The molecule has 1 aromatic rings. The zero-order chi connectivity index (χ0) is 23.3. The third kappa shape index (κ3) is 5.34. The molecule has 0 aromatic heterocycles. The molecule has 1 unspecified atom stereocenters. The molecule has 9 heteroatoms. The molecule has 2 fully saturated rings. The van der Waals surface area contributed by atoms with E-state index in [0.29, 0.717) is 11.4 Å². The van der Waals surface area contributed by atoms with Gasteiger partial charge in [0.15, 0.2) is 6.29 Å². The summed E-state index contributed by atoms with van der Waals surface area (Å²) in [5.74, 6) is -1.32. The van der Waals surface area contributed by atoms with Crippen molar-refractivity contribution in [2.75, 3.05) is 25.7 Å². The molecule has 1 aliphatic heterocycles. The first-order chi connectivity index (χ1) is 15.3. The molecular weight excluding hydrogens is 416 g/mol. The van der Waals surface area contributed by atoms with Crippen molar-refractivity contribution in [3.05, 3.63) is 24.3 Å². The van der Waals surface area contributed by atoms with E-state index in [0.717, 1.165) is 37.0 Å². The van der Waals surface area contributed by atoms with E-state index in [-0.39, 0.29) is 24.8 Å². The maximum Gasteiger partial charge on any atom is 0.308 e. The fraction of sp³-hybridized carbons (Fsp3) is 0.565. The van der Waals surface area contributed by atoms with Crippen LogP contribution in [0.1, 0.15) is 45.4 Å². The zero-order valence-corrected chi connectivity index (χ0v) is 18.7. The second-order valence-corrected chi connectivity index (χ2v) is 8.10. The predicted octanol–water partition coefficient (Wildman–Crippen LogP) is 2.27. The van der Waals surface area contributed by atoms with Crippen LogP contribution in [0.15, 0.2) is 24.3 Å². The maximum atomic E-state index is 13.4. The van der Waals surface area contributed by atoms with E-state index in [4.69, 9.17) is 14.2 Å². The van der Waals surface area contributed by atoms with Gasteiger partial charge >= 0.3 is 5.97 Å². The van der Waals surface area contributed by atoms with Gasteiger partial charge in [-0.15, -0.1) is 0 Å². The summed E-state index contributed by atoms with van der Waals surface area (Å²) >= 11 is 0. The number of rotatable bonds is 8. The van der Waals surface area contributed by atoms with Crippen molar-refractivity contribution in [2.24, 2.45) is 5.92 Å². The van der Waals surface area contributed by atoms with Crippen LogP contribution in [-0.2, 0) is 28.7 Å². The molecule has 1 atom stereocenters. The number of imide groups is 1. The number of carbonyl (C=O) groups excluding carboxylic acids is 4. The molecule has 1 saturated carbocycles. The number of esters is 1. The summed E-state index contributed by atoms with van der Waals surface area (Å²) in [5.41, 5.74) is 0.360. The third-order valence-electron chi connectivity index (χ3n) is 5.96. The molecule has 1 heterocycles. The zero-order valence-electron chi connectivity index (χ0n) is 18.7. The summed E-state index contributed by atoms with van der Waals surface area (Å²) in [6, 6.07) is 5.19. The third-order valence-corrected chi connectivity index (χ3v) is 5.96. The second-order valence-electron chi connectivity index (χ2n) is 8.10. The highest BCUT2D eigenvalue weighted by atomic mass is 16.7. The first-order valence-corrected chi connectivity index (χ1v) is 10.9. The smallest absolute Gasteiger partial charge is 0.308 e. The molecule has 32 heavy (non-hydrogen) atoms. The Labute approximate surface area is 187 Å². The number of hydrogen-bond acceptors (Lipinski definition) is 7. The van der Waals surface area contributed by atoms with E-state index in [1.165, 1.54) is 50.3 Å². The molecule has 174 valence electrons. The highest BCUT2D eigenvalue weighted by Crippen LogP contribution is 2.31. The number of benzene rings is 1. The monoisotopic (exact) mass is 446 g/mol. The normalized spacial score (nSPS) is 19.5. The fourth-order valence-electron chi connectivity index (χ4n) is 4.32. The minimum Gasteiger partial charge on any atom is -0.427 e. The molecular formula is C23H30N2O7. The van der Waals surface area contributed by atoms with E-state index in [1.807, 2.05) is 0 Å². The van der Waals surface area contributed by atoms with Crippen LogP contribution in [-0.4, -0.2) is 61.7 Å². The van der Waals surface area contributed by atoms with Crippen molar-refractivity contribution in [1.82, 2.24) is 4.90 Å². The molecule has 1 saturated heterocycles. The lowest BCUT2D eigenvalue weighted by Gasteiger charge is -2.34. The molecule has 3 amide bonds. The molecule has 1 aliphatic carbocycles. The van der Waals surface area contributed by atoms with Crippen molar-refractivity contribution in [2.45, 2.75) is 57.8 Å². The molecule has 0 N–H and O–H groups in total. The molecule has 9 nitrogen and oxygen atoms in total. The lowest BCUT2D eigenvalue weighted by atomic mass is 9.88. The van der Waals surface area contributed by atoms with Gasteiger partial charge in [0.1, 0.15) is 11.8 Å². The van der Waals surface area contributed by atoms with Crippen molar-refractivity contribution in [1.29, 1.82) is 0 Å². The largest absolute Gasteiger partial charge is 0.427 e. The number of methoxy groups -OCH3 is 2. The first-order valence-electron chi connectivity index (χ1n) is 10.9. The van der Waals surface area contributed by atoms with Gasteiger partial charge in [0.05, 0.1) is 18.7 Å². The standard InChI is InChI=1S/C23H30N2O7/c1-15(26)32-18-11-9-17(10-12-18)25-20(27)13-19(23(25)29)24(14-21(30-2)31-3)22(28)16-7-5-4-6-8-16/h9-12,16,19,21H,4-8,13-14H2,1-3H3. The van der Waals surface area contributed by atoms with Crippen molar-refractivity contribution >= 4 is 29.4 Å². The minimum atomic E-state index is -0.919. The highest BCUT2D eigenvalue weighted by molar-refractivity contribution is 6.23. The predicted molar refractivity (Wildman–Crippen MR) is 115 cm³/mol. The van der Waals surface area contributed by atoms with Gasteiger partial charge in [-0.25, -0.2) is 4.90 Å². The van der Waals surface area contributed by atoms with Gasteiger partial charge in [0, 0.05) is 27.1 Å². The van der Waals surface area contributed by atoms with E-state index >= 15 is 0 Å². The summed E-state index contributed by atoms with van der Waals surface area (Å²) in [6.07, 6.45) is 3.78. The molecule has 0 spiro atoms. The van der Waals surface area contributed by atoms with Gasteiger partial charge in [0.25, 0.3) is 5.91 Å². The van der Waals surface area contributed by atoms with Crippen LogP contribution in [0, 0.1) is 5.92 Å². The maximum absolute atomic E-state index is 13.4. The summed E-state index contributed by atoms with van der Waals surface area (Å²) in [6.45, 7) is 1.35. The quantitative estimate of drug-likeness (QED) is 0.261. The molecule has 1 aromatic carbocycles. The Bertz CT molecular complexity index is 844. The van der Waals surface area contributed by atoms with Crippen LogP contribution >= 0.6 is 0 Å². The minimum absolute atomic E-state index is 0.0608. The first kappa shape index (κ1) is 23.9. The Balaban J connectivity index is 1.83. The van der Waals surface area contributed by atoms with Crippen molar-refractivity contribution in [3.63, 3.8) is 0 Å². The summed E-state index contributed by atoms with van der Waals surface area (Å²) in [5, 5.41) is 0. The van der Waals surface area contributed by atoms with E-state index in [2.05, 4.69) is 0 Å². The van der Waals surface area contributed by atoms with Crippen molar-refractivity contribution < 1.29 is 33.4 Å². The lowest BCUT2D eigenvalue weighted by molar-refractivity contribution is -0.156. The molecule has 2 aliphatic rings. The van der Waals surface area contributed by atoms with Crippen LogP contribution in [0.5, 0.6) is 5.75 Å². The fourth-order valence-corrected chi connectivity index (χ4v) is 4.32. The van der Waals surface area contributed by atoms with E-state index in [1.54, 1.807) is 0 Å². The van der Waals surface area contributed by atoms with Crippen LogP contribution in [0.3, 0.4) is 0 Å². The van der Waals surface area contributed by atoms with Crippen LogP contribution in [0.2, 0.25) is 0 Å². The number of carbonyl (C=O) groups is 4. The van der Waals surface area contributed by atoms with Gasteiger partial charge < -0.3 is 19.1 Å². The van der Waals surface area contributed by atoms with Gasteiger partial charge in [-0.05, 0) is 37.1 Å². The average Bonchev–Trinajstić information content (AvgIpc) is 3.08. The Kier molecular flexibility index (Phi) is 7.98. The average molecular weight is 447 g/mol. The topological polar surface area (TPSA) is 102 Å². The van der Waals surface area contributed by atoms with E-state index < -0.39 is 30.1 Å². The Hall–Kier alpha value is -2.78. The Morgan fingerprint density at radius 1 is 1.06 bits per heavy atom. The van der Waals surface area contributed by atoms with Gasteiger partial charge in [-0.3, -0.25) is 19.2 Å². The Morgan fingerprint density at radius 3 is 2.25 bits per heavy atom. The number of hydrogen-bond donors (Lipinski definition) is 0. The van der Waals surface area contributed by atoms with Gasteiger partial charge in [-0.2, -0.15) is 0 Å². The lowest BCUT2D eigenvalue weighted by Crippen LogP contribution is -2.51. The number of anilines is 1. The number of amides is 3. The second kappa shape index (κ2) is 10.7. The molecule has 0 radical (unpaired) electrons. The summed E-state index contributed by atoms with van der Waals surface area (Å²) in [7, 11) is 2.94. The van der Waals surface area contributed by atoms with Gasteiger partial charge in [-0.1, -0.05) is 19.3 Å².